The molecule has 6 aliphatic rings. The number of hydrogen-bond acceptors (Lipinski definition) is 7. The van der Waals surface area contributed by atoms with Crippen molar-refractivity contribution in [2.75, 3.05) is 33.4 Å². The zero-order valence-corrected chi connectivity index (χ0v) is 32.1. The Bertz CT molecular complexity index is 1190. The van der Waals surface area contributed by atoms with E-state index in [1.807, 2.05) is 46.6 Å². The second-order valence-corrected chi connectivity index (χ2v) is 18.8. The Kier molecular flexibility index (Phi) is 9.80. The van der Waals surface area contributed by atoms with Crippen LogP contribution in [0.25, 0.3) is 0 Å². The van der Waals surface area contributed by atoms with Crippen molar-refractivity contribution < 1.29 is 29.2 Å². The molecule has 276 valence electrons. The van der Waals surface area contributed by atoms with E-state index in [1.54, 1.807) is 0 Å². The van der Waals surface area contributed by atoms with Gasteiger partial charge < -0.3 is 29.3 Å². The van der Waals surface area contributed by atoms with Gasteiger partial charge in [0.2, 0.25) is 5.91 Å². The van der Waals surface area contributed by atoms with Gasteiger partial charge in [-0.2, -0.15) is 0 Å². The Morgan fingerprint density at radius 2 is 1.81 bits per heavy atom. The predicted molar refractivity (Wildman–Crippen MR) is 188 cm³/mol. The van der Waals surface area contributed by atoms with Gasteiger partial charge in [-0.15, -0.1) is 0 Å². The van der Waals surface area contributed by atoms with Crippen molar-refractivity contribution in [3.8, 4) is 0 Å². The number of hydrogen-bond donors (Lipinski definition) is 3. The van der Waals surface area contributed by atoms with Crippen LogP contribution in [0.3, 0.4) is 0 Å². The summed E-state index contributed by atoms with van der Waals surface area (Å²) >= 11 is 0. The van der Waals surface area contributed by atoms with Crippen LogP contribution in [-0.2, 0) is 19.0 Å². The third-order valence-corrected chi connectivity index (χ3v) is 15.9. The van der Waals surface area contributed by atoms with Crippen LogP contribution in [0.15, 0.2) is 0 Å². The maximum absolute atomic E-state index is 12.8. The monoisotopic (exact) mass is 675 g/mol. The summed E-state index contributed by atoms with van der Waals surface area (Å²) < 4.78 is 18.9. The Balaban J connectivity index is 1.18. The van der Waals surface area contributed by atoms with E-state index >= 15 is 0 Å². The van der Waals surface area contributed by atoms with Gasteiger partial charge in [0.1, 0.15) is 5.72 Å². The minimum atomic E-state index is -0.877. The number of nitrogens with one attached hydrogen (secondary N) is 1. The van der Waals surface area contributed by atoms with Crippen molar-refractivity contribution >= 4 is 5.91 Å². The minimum absolute atomic E-state index is 0.0134. The highest BCUT2D eigenvalue weighted by atomic mass is 16.7. The van der Waals surface area contributed by atoms with Gasteiger partial charge >= 0.3 is 0 Å². The van der Waals surface area contributed by atoms with E-state index in [1.165, 1.54) is 32.1 Å². The molecule has 1 amide bonds. The van der Waals surface area contributed by atoms with Gasteiger partial charge in [0.05, 0.1) is 31.0 Å². The van der Waals surface area contributed by atoms with Gasteiger partial charge in [-0.1, -0.05) is 48.0 Å². The Morgan fingerprint density at radius 1 is 1.08 bits per heavy atom. The average molecular weight is 675 g/mol. The number of rotatable bonds is 11. The van der Waals surface area contributed by atoms with Gasteiger partial charge in [0, 0.05) is 25.0 Å². The number of amides is 1. The first-order valence-corrected chi connectivity index (χ1v) is 19.7. The van der Waals surface area contributed by atoms with E-state index in [0.717, 1.165) is 32.1 Å². The van der Waals surface area contributed by atoms with Crippen LogP contribution in [0.4, 0.5) is 0 Å². The van der Waals surface area contributed by atoms with E-state index in [9.17, 15) is 15.0 Å². The maximum atomic E-state index is 12.8. The molecule has 3 N–H and O–H groups in total. The predicted octanol–water partition coefficient (Wildman–Crippen LogP) is 6.37. The van der Waals surface area contributed by atoms with Crippen LogP contribution in [0.5, 0.6) is 0 Å². The van der Waals surface area contributed by atoms with E-state index < -0.39 is 11.3 Å². The molecule has 1 heterocycles. The molecule has 8 nitrogen and oxygen atoms in total. The Labute approximate surface area is 291 Å². The fraction of sp³-hybridized carbons (Fsp3) is 0.975. The number of morpholine rings is 1. The largest absolute Gasteiger partial charge is 0.388 e. The third kappa shape index (κ3) is 5.47. The van der Waals surface area contributed by atoms with E-state index in [-0.39, 0.29) is 47.1 Å². The van der Waals surface area contributed by atoms with Crippen LogP contribution >= 0.6 is 0 Å². The van der Waals surface area contributed by atoms with Gasteiger partial charge in [0.25, 0.3) is 0 Å². The fourth-order valence-electron chi connectivity index (χ4n) is 13.7. The Hall–Kier alpha value is -0.770. The summed E-state index contributed by atoms with van der Waals surface area (Å²) in [5.41, 5.74) is -0.920. The van der Waals surface area contributed by atoms with Crippen molar-refractivity contribution in [2.24, 2.45) is 57.2 Å². The van der Waals surface area contributed by atoms with Crippen LogP contribution in [-0.4, -0.2) is 84.2 Å². The molecule has 8 heteroatoms. The number of ether oxygens (including phenoxy) is 3. The first-order valence-electron chi connectivity index (χ1n) is 19.7. The van der Waals surface area contributed by atoms with E-state index in [4.69, 9.17) is 14.2 Å². The molecule has 6 rings (SSSR count). The lowest BCUT2D eigenvalue weighted by Gasteiger charge is -2.59. The molecule has 0 aromatic rings. The summed E-state index contributed by atoms with van der Waals surface area (Å²) in [5.74, 6) is 2.80. The quantitative estimate of drug-likeness (QED) is 0.219. The third-order valence-electron chi connectivity index (χ3n) is 15.9. The van der Waals surface area contributed by atoms with E-state index in [2.05, 4.69) is 33.0 Å². The molecular formula is C40H70N2O6. The first kappa shape index (κ1) is 37.0. The van der Waals surface area contributed by atoms with Crippen molar-refractivity contribution in [2.45, 2.75) is 156 Å². The highest BCUT2D eigenvalue weighted by molar-refractivity contribution is 5.78. The van der Waals surface area contributed by atoms with Gasteiger partial charge in [-0.25, -0.2) is 0 Å². The molecule has 12 unspecified atom stereocenters. The molecule has 12 atom stereocenters. The fourth-order valence-corrected chi connectivity index (χ4v) is 13.7. The summed E-state index contributed by atoms with van der Waals surface area (Å²) in [6, 6.07) is 0. The topological polar surface area (TPSA) is 100 Å². The summed E-state index contributed by atoms with van der Waals surface area (Å²) in [7, 11) is 1.96. The lowest BCUT2D eigenvalue weighted by atomic mass is 9.46. The van der Waals surface area contributed by atoms with Gasteiger partial charge in [-0.05, 0) is 131 Å². The summed E-state index contributed by atoms with van der Waals surface area (Å²) in [6.45, 7) is 22.0. The Morgan fingerprint density at radius 3 is 2.46 bits per heavy atom. The number of carbonyl (C=O) groups is 1. The minimum Gasteiger partial charge on any atom is -0.388 e. The molecule has 1 saturated heterocycles. The highest BCUT2D eigenvalue weighted by Gasteiger charge is 2.85. The standard InChI is InChI=1S/C40H70N2O6/c1-11-46-32(36(7,8)44)14-12-13-30-37(9)19-20-38-26(4)39(38)18-17-31(48-33-24-42(21-22-47-33)34(43)25(2)3)35(5,6)29(39)16-15-27(38)28(37)23-40(30,45)41-10/h25-33,41,44-45H,11-24H2,1-10H3. The van der Waals surface area contributed by atoms with Crippen molar-refractivity contribution in [3.05, 3.63) is 0 Å². The zero-order chi connectivity index (χ0) is 35.1. The molecule has 6 fully saturated rings. The molecule has 5 saturated carbocycles. The molecule has 0 radical (unpaired) electrons. The number of fused-ring (bicyclic) bond motifs is 2. The molecule has 1 aliphatic heterocycles. The molecule has 2 spiro atoms. The van der Waals surface area contributed by atoms with Gasteiger partial charge in [-0.3, -0.25) is 10.1 Å². The molecule has 5 aliphatic carbocycles. The lowest BCUT2D eigenvalue weighted by molar-refractivity contribution is -0.245. The van der Waals surface area contributed by atoms with Crippen LogP contribution in [0.2, 0.25) is 0 Å². The summed E-state index contributed by atoms with van der Waals surface area (Å²) in [4.78, 5) is 14.7. The second-order valence-electron chi connectivity index (χ2n) is 18.8. The SMILES string of the molecule is CCOC(CCCC1C(O)(NC)CC2C3CCC4C(C)(C)C(OC5CN(C(=O)C(C)C)CCO5)CCC45C(C)C35CCC21C)C(C)(C)O. The van der Waals surface area contributed by atoms with Crippen molar-refractivity contribution in [1.82, 2.24) is 10.2 Å². The van der Waals surface area contributed by atoms with Gasteiger partial charge in [0.15, 0.2) is 6.29 Å². The number of aliphatic hydroxyl groups is 2. The molecule has 0 aromatic heterocycles. The molecule has 0 aromatic carbocycles. The zero-order valence-electron chi connectivity index (χ0n) is 32.1. The maximum Gasteiger partial charge on any atom is 0.225 e. The highest BCUT2D eigenvalue weighted by Crippen LogP contribution is 2.89. The van der Waals surface area contributed by atoms with Crippen LogP contribution < -0.4 is 5.32 Å². The normalized spacial score (nSPS) is 45.6. The first-order chi connectivity index (χ1) is 22.4. The molecular weight excluding hydrogens is 604 g/mol. The van der Waals surface area contributed by atoms with Crippen molar-refractivity contribution in [1.29, 1.82) is 0 Å². The number of nitrogens with zero attached hydrogens (tertiary/aromatic N) is 1. The lowest BCUT2D eigenvalue weighted by Crippen LogP contribution is -2.56. The van der Waals surface area contributed by atoms with Crippen LogP contribution in [0.1, 0.15) is 127 Å². The number of carbonyl (C=O) groups excluding carboxylic acids is 1. The van der Waals surface area contributed by atoms with E-state index in [0.29, 0.717) is 60.8 Å². The average Bonchev–Trinajstić information content (AvgIpc) is 3.46. The molecule has 0 bridgehead atoms. The summed E-state index contributed by atoms with van der Waals surface area (Å²) in [6.07, 6.45) is 10.3. The second kappa shape index (κ2) is 12.7. The summed E-state index contributed by atoms with van der Waals surface area (Å²) in [5, 5.41) is 26.5. The van der Waals surface area contributed by atoms with Crippen molar-refractivity contribution in [3.63, 3.8) is 0 Å². The molecule has 48 heavy (non-hydrogen) atoms. The smallest absolute Gasteiger partial charge is 0.225 e. The van der Waals surface area contributed by atoms with Crippen LogP contribution in [0, 0.1) is 57.2 Å².